The van der Waals surface area contributed by atoms with E-state index in [-0.39, 0.29) is 12.1 Å². The van der Waals surface area contributed by atoms with Gasteiger partial charge < -0.3 is 15.5 Å². The number of carbonyl (C=O) groups is 1. The van der Waals surface area contributed by atoms with Gasteiger partial charge in [0.15, 0.2) is 5.13 Å². The molecule has 0 unspecified atom stereocenters. The van der Waals surface area contributed by atoms with Crippen LogP contribution in [0.2, 0.25) is 0 Å². The molecule has 2 N–H and O–H groups in total. The van der Waals surface area contributed by atoms with Crippen LogP contribution in [0.5, 0.6) is 0 Å². The molecule has 0 bridgehead atoms. The highest BCUT2D eigenvalue weighted by Gasteiger charge is 2.29. The number of amides is 2. The predicted molar refractivity (Wildman–Crippen MR) is 106 cm³/mol. The monoisotopic (exact) mass is 370 g/mol. The zero-order chi connectivity index (χ0) is 17.9. The van der Waals surface area contributed by atoms with Gasteiger partial charge in [-0.05, 0) is 30.4 Å². The molecule has 4 rings (SSSR count). The smallest absolute Gasteiger partial charge is 0.315 e. The minimum Gasteiger partial charge on any atom is -0.348 e. The summed E-state index contributed by atoms with van der Waals surface area (Å²) in [6.45, 7) is 5.04. The lowest BCUT2D eigenvalue weighted by Crippen LogP contribution is -2.44. The summed E-state index contributed by atoms with van der Waals surface area (Å²) in [5.74, 6) is 0.360. The molecule has 1 saturated heterocycles. The largest absolute Gasteiger partial charge is 0.348 e. The minimum absolute atomic E-state index is 0.0790. The fraction of sp³-hybridized carbons (Fsp3) is 0.500. The zero-order valence-corrected chi connectivity index (χ0v) is 16.0. The van der Waals surface area contributed by atoms with Crippen molar-refractivity contribution >= 4 is 22.5 Å². The van der Waals surface area contributed by atoms with Crippen LogP contribution in [0, 0.1) is 0 Å². The van der Waals surface area contributed by atoms with Crippen LogP contribution in [0.15, 0.2) is 29.6 Å². The van der Waals surface area contributed by atoms with Crippen molar-refractivity contribution in [2.75, 3.05) is 24.5 Å². The molecule has 1 aromatic carbocycles. The fourth-order valence-corrected chi connectivity index (χ4v) is 4.87. The molecule has 0 spiro atoms. The first-order chi connectivity index (χ1) is 12.7. The van der Waals surface area contributed by atoms with Crippen LogP contribution >= 0.6 is 11.3 Å². The molecule has 6 heteroatoms. The maximum Gasteiger partial charge on any atom is 0.315 e. The van der Waals surface area contributed by atoms with E-state index in [1.54, 1.807) is 11.3 Å². The van der Waals surface area contributed by atoms with Crippen LogP contribution in [0.3, 0.4) is 0 Å². The molecule has 138 valence electrons. The number of rotatable bonds is 5. The van der Waals surface area contributed by atoms with Crippen LogP contribution in [-0.4, -0.2) is 36.7 Å². The molecule has 26 heavy (non-hydrogen) atoms. The van der Waals surface area contributed by atoms with E-state index in [1.807, 2.05) is 0 Å². The van der Waals surface area contributed by atoms with Gasteiger partial charge in [-0.15, -0.1) is 11.3 Å². The van der Waals surface area contributed by atoms with E-state index in [2.05, 4.69) is 52.1 Å². The first-order valence-corrected chi connectivity index (χ1v) is 10.4. The van der Waals surface area contributed by atoms with Crippen molar-refractivity contribution in [3.05, 3.63) is 46.5 Å². The SMILES string of the molecule is C[C@H]1c2ccccc2C[C@H]1NC(=O)NCCc1csc(N2CCCC2)n1. The molecule has 1 aliphatic carbocycles. The van der Waals surface area contributed by atoms with Crippen molar-refractivity contribution in [3.63, 3.8) is 0 Å². The summed E-state index contributed by atoms with van der Waals surface area (Å²) >= 11 is 1.71. The van der Waals surface area contributed by atoms with Crippen molar-refractivity contribution in [2.45, 2.75) is 44.6 Å². The number of urea groups is 1. The second-order valence-corrected chi connectivity index (χ2v) is 8.10. The van der Waals surface area contributed by atoms with Crippen molar-refractivity contribution < 1.29 is 4.79 Å². The van der Waals surface area contributed by atoms with Gasteiger partial charge in [0.05, 0.1) is 5.69 Å². The molecule has 2 amide bonds. The number of thiazole rings is 1. The highest BCUT2D eigenvalue weighted by molar-refractivity contribution is 7.13. The molecule has 5 nitrogen and oxygen atoms in total. The Bertz CT molecular complexity index is 769. The van der Waals surface area contributed by atoms with E-state index in [0.29, 0.717) is 12.5 Å². The molecule has 2 atom stereocenters. The quantitative estimate of drug-likeness (QED) is 0.849. The summed E-state index contributed by atoms with van der Waals surface area (Å²) in [7, 11) is 0. The summed E-state index contributed by atoms with van der Waals surface area (Å²) < 4.78 is 0. The molecule has 2 aliphatic rings. The molecule has 1 fully saturated rings. The van der Waals surface area contributed by atoms with Gasteiger partial charge in [0, 0.05) is 43.4 Å². The molecule has 2 aromatic rings. The topological polar surface area (TPSA) is 57.3 Å². The number of fused-ring (bicyclic) bond motifs is 1. The van der Waals surface area contributed by atoms with Crippen LogP contribution < -0.4 is 15.5 Å². The third-order valence-corrected chi connectivity index (χ3v) is 6.44. The molecule has 2 heterocycles. The van der Waals surface area contributed by atoms with Gasteiger partial charge in [0.25, 0.3) is 0 Å². The lowest BCUT2D eigenvalue weighted by atomic mass is 10.0. The third-order valence-electron chi connectivity index (χ3n) is 5.49. The van der Waals surface area contributed by atoms with E-state index in [1.165, 1.54) is 24.0 Å². The Morgan fingerprint density at radius 1 is 1.31 bits per heavy atom. The van der Waals surface area contributed by atoms with E-state index in [0.717, 1.165) is 36.8 Å². The van der Waals surface area contributed by atoms with Crippen molar-refractivity contribution in [3.8, 4) is 0 Å². The van der Waals surface area contributed by atoms with E-state index < -0.39 is 0 Å². The van der Waals surface area contributed by atoms with Crippen LogP contribution in [-0.2, 0) is 12.8 Å². The number of carbonyl (C=O) groups excluding carboxylic acids is 1. The van der Waals surface area contributed by atoms with Crippen LogP contribution in [0.4, 0.5) is 9.93 Å². The van der Waals surface area contributed by atoms with Gasteiger partial charge in [-0.3, -0.25) is 0 Å². The van der Waals surface area contributed by atoms with Crippen molar-refractivity contribution in [1.82, 2.24) is 15.6 Å². The van der Waals surface area contributed by atoms with E-state index >= 15 is 0 Å². The number of aromatic nitrogens is 1. The first-order valence-electron chi connectivity index (χ1n) is 9.52. The summed E-state index contributed by atoms with van der Waals surface area (Å²) in [4.78, 5) is 19.3. The van der Waals surface area contributed by atoms with Gasteiger partial charge in [-0.25, -0.2) is 9.78 Å². The predicted octanol–water partition coefficient (Wildman–Crippen LogP) is 3.31. The van der Waals surface area contributed by atoms with Crippen molar-refractivity contribution in [2.24, 2.45) is 0 Å². The number of nitrogens with one attached hydrogen (secondary N) is 2. The van der Waals surface area contributed by atoms with Crippen molar-refractivity contribution in [1.29, 1.82) is 0 Å². The maximum absolute atomic E-state index is 12.3. The molecule has 0 radical (unpaired) electrons. The number of benzene rings is 1. The highest BCUT2D eigenvalue weighted by Crippen LogP contribution is 2.32. The standard InChI is InChI=1S/C20H26N4OS/c1-14-17-7-3-2-6-15(17)12-18(14)23-19(25)21-9-8-16-13-26-20(22-16)24-10-4-5-11-24/h2-3,6-7,13-14,18H,4-5,8-12H2,1H3,(H2,21,23,25)/t14-,18+/m0/s1. The minimum atomic E-state index is -0.0790. The Balaban J connectivity index is 1.22. The second-order valence-electron chi connectivity index (χ2n) is 7.26. The van der Waals surface area contributed by atoms with Gasteiger partial charge in [-0.1, -0.05) is 31.2 Å². The second kappa shape index (κ2) is 7.66. The lowest BCUT2D eigenvalue weighted by Gasteiger charge is -2.18. The van der Waals surface area contributed by atoms with Gasteiger partial charge in [-0.2, -0.15) is 0 Å². The van der Waals surface area contributed by atoms with Crippen LogP contribution in [0.25, 0.3) is 0 Å². The summed E-state index contributed by atoms with van der Waals surface area (Å²) in [5, 5.41) is 9.36. The maximum atomic E-state index is 12.3. The van der Waals surface area contributed by atoms with E-state index in [9.17, 15) is 4.79 Å². The van der Waals surface area contributed by atoms with E-state index in [4.69, 9.17) is 4.98 Å². The molecule has 1 aliphatic heterocycles. The number of nitrogens with zero attached hydrogens (tertiary/aromatic N) is 2. The zero-order valence-electron chi connectivity index (χ0n) is 15.2. The molecular formula is C20H26N4OS. The first kappa shape index (κ1) is 17.3. The number of anilines is 1. The summed E-state index contributed by atoms with van der Waals surface area (Å²) in [5.41, 5.74) is 3.77. The number of hydrogen-bond donors (Lipinski definition) is 2. The van der Waals surface area contributed by atoms with Gasteiger partial charge in [0.2, 0.25) is 0 Å². The molecule has 1 aromatic heterocycles. The third kappa shape index (κ3) is 3.70. The lowest BCUT2D eigenvalue weighted by molar-refractivity contribution is 0.236. The Hall–Kier alpha value is -2.08. The fourth-order valence-electron chi connectivity index (χ4n) is 3.96. The van der Waals surface area contributed by atoms with Gasteiger partial charge in [0.1, 0.15) is 0 Å². The average Bonchev–Trinajstić information content (AvgIpc) is 3.37. The summed E-state index contributed by atoms with van der Waals surface area (Å²) in [6, 6.07) is 8.56. The average molecular weight is 371 g/mol. The normalized spacial score (nSPS) is 21.7. The molecular weight excluding hydrogens is 344 g/mol. The summed E-state index contributed by atoms with van der Waals surface area (Å²) in [6.07, 6.45) is 4.22. The Morgan fingerprint density at radius 3 is 2.92 bits per heavy atom. The molecule has 0 saturated carbocycles. The van der Waals surface area contributed by atoms with Gasteiger partial charge >= 0.3 is 6.03 Å². The number of hydrogen-bond acceptors (Lipinski definition) is 4. The Morgan fingerprint density at radius 2 is 2.12 bits per heavy atom. The Kier molecular flexibility index (Phi) is 5.11. The highest BCUT2D eigenvalue weighted by atomic mass is 32.1. The van der Waals surface area contributed by atoms with Crippen LogP contribution in [0.1, 0.15) is 42.5 Å². The Labute approximate surface area is 158 Å².